The average Bonchev–Trinajstić information content (AvgIpc) is 2.44. The summed E-state index contributed by atoms with van der Waals surface area (Å²) in [4.78, 5) is 12.0. The molecule has 3 heteroatoms. The van der Waals surface area contributed by atoms with E-state index in [1.165, 1.54) is 25.3 Å². The lowest BCUT2D eigenvalue weighted by Crippen LogP contribution is -1.99. The number of allylic oxidation sites excluding steroid dienone is 1. The van der Waals surface area contributed by atoms with Crippen LogP contribution in [0.4, 0.5) is 4.39 Å². The second kappa shape index (κ2) is 6.15. The number of halogens is 1. The fourth-order valence-corrected chi connectivity index (χ4v) is 1.86. The van der Waals surface area contributed by atoms with Crippen molar-refractivity contribution in [2.24, 2.45) is 0 Å². The number of aryl methyl sites for hydroxylation is 1. The zero-order valence-corrected chi connectivity index (χ0v) is 11.4. The lowest BCUT2D eigenvalue weighted by atomic mass is 10.1. The van der Waals surface area contributed by atoms with Crippen molar-refractivity contribution in [1.29, 1.82) is 0 Å². The molecule has 0 unspecified atom stereocenters. The average molecular weight is 270 g/mol. The summed E-state index contributed by atoms with van der Waals surface area (Å²) in [6, 6.07) is 11.9. The van der Waals surface area contributed by atoms with E-state index < -0.39 is 5.82 Å². The Bertz CT molecular complexity index is 660. The number of hydrogen-bond acceptors (Lipinski definition) is 2. The quantitative estimate of drug-likeness (QED) is 0.619. The van der Waals surface area contributed by atoms with E-state index in [9.17, 15) is 9.18 Å². The van der Waals surface area contributed by atoms with Crippen molar-refractivity contribution in [2.45, 2.75) is 6.92 Å². The minimum atomic E-state index is -0.580. The third-order valence-corrected chi connectivity index (χ3v) is 2.91. The summed E-state index contributed by atoms with van der Waals surface area (Å²) in [5.74, 6) is -0.559. The third-order valence-electron chi connectivity index (χ3n) is 2.91. The Kier molecular flexibility index (Phi) is 4.31. The maximum absolute atomic E-state index is 13.7. The summed E-state index contributed by atoms with van der Waals surface area (Å²) in [5, 5.41) is 0. The highest BCUT2D eigenvalue weighted by Gasteiger charge is 2.09. The maximum Gasteiger partial charge on any atom is 0.188 e. The van der Waals surface area contributed by atoms with Crippen LogP contribution in [-0.2, 0) is 0 Å². The first-order chi connectivity index (χ1) is 9.60. The molecular formula is C17H15FO2. The van der Waals surface area contributed by atoms with E-state index in [2.05, 4.69) is 0 Å². The molecule has 0 aliphatic heterocycles. The Hall–Kier alpha value is -2.42. The third kappa shape index (κ3) is 3.32. The van der Waals surface area contributed by atoms with Crippen LogP contribution in [0.25, 0.3) is 6.08 Å². The van der Waals surface area contributed by atoms with Gasteiger partial charge in [-0.05, 0) is 30.7 Å². The van der Waals surface area contributed by atoms with E-state index in [0.717, 1.165) is 11.1 Å². The molecule has 0 aliphatic carbocycles. The van der Waals surface area contributed by atoms with Gasteiger partial charge in [-0.15, -0.1) is 0 Å². The Labute approximate surface area is 117 Å². The van der Waals surface area contributed by atoms with Crippen molar-refractivity contribution in [3.63, 3.8) is 0 Å². The number of ether oxygens (including phenoxy) is 1. The molecule has 0 heterocycles. The molecule has 2 aromatic carbocycles. The molecule has 0 atom stereocenters. The van der Waals surface area contributed by atoms with Crippen molar-refractivity contribution in [3.05, 3.63) is 71.0 Å². The standard InChI is InChI=1S/C17H15FO2/c1-12-4-3-5-13(10-12)6-9-17(19)15-8-7-14(20-2)11-16(15)18/h3-11H,1-2H3/b9-6+. The fraction of sp³-hybridized carbons (Fsp3) is 0.118. The van der Waals surface area contributed by atoms with Crippen LogP contribution in [0.5, 0.6) is 5.75 Å². The molecule has 0 amide bonds. The normalized spacial score (nSPS) is 10.8. The van der Waals surface area contributed by atoms with Gasteiger partial charge in [-0.2, -0.15) is 0 Å². The number of carbonyl (C=O) groups is 1. The highest BCUT2D eigenvalue weighted by atomic mass is 19.1. The van der Waals surface area contributed by atoms with Crippen molar-refractivity contribution >= 4 is 11.9 Å². The minimum Gasteiger partial charge on any atom is -0.497 e. The predicted molar refractivity (Wildman–Crippen MR) is 77.5 cm³/mol. The van der Waals surface area contributed by atoms with Gasteiger partial charge >= 0.3 is 0 Å². The zero-order valence-electron chi connectivity index (χ0n) is 11.4. The van der Waals surface area contributed by atoms with Gasteiger partial charge in [-0.1, -0.05) is 35.9 Å². The first kappa shape index (κ1) is 14.0. The van der Waals surface area contributed by atoms with E-state index in [4.69, 9.17) is 4.74 Å². The Morgan fingerprint density at radius 1 is 1.20 bits per heavy atom. The van der Waals surface area contributed by atoms with Crippen molar-refractivity contribution in [1.82, 2.24) is 0 Å². The number of rotatable bonds is 4. The van der Waals surface area contributed by atoms with Crippen LogP contribution in [0.3, 0.4) is 0 Å². The number of ketones is 1. The van der Waals surface area contributed by atoms with Crippen LogP contribution >= 0.6 is 0 Å². The molecule has 0 aromatic heterocycles. The SMILES string of the molecule is COc1ccc(C(=O)/C=C/c2cccc(C)c2)c(F)c1. The molecule has 2 aromatic rings. The molecule has 0 N–H and O–H groups in total. The second-order valence-corrected chi connectivity index (χ2v) is 4.46. The van der Waals surface area contributed by atoms with Crippen LogP contribution in [0.15, 0.2) is 48.5 Å². The molecule has 0 bridgehead atoms. The van der Waals surface area contributed by atoms with Gasteiger partial charge in [-0.25, -0.2) is 4.39 Å². The largest absolute Gasteiger partial charge is 0.497 e. The monoisotopic (exact) mass is 270 g/mol. The van der Waals surface area contributed by atoms with E-state index in [0.29, 0.717) is 5.75 Å². The molecule has 0 fully saturated rings. The van der Waals surface area contributed by atoms with Crippen LogP contribution < -0.4 is 4.74 Å². The lowest BCUT2D eigenvalue weighted by molar-refractivity contribution is 0.104. The summed E-state index contributed by atoms with van der Waals surface area (Å²) < 4.78 is 18.6. The summed E-state index contributed by atoms with van der Waals surface area (Å²) in [6.07, 6.45) is 3.05. The van der Waals surface area contributed by atoms with E-state index in [-0.39, 0.29) is 11.3 Å². The number of methoxy groups -OCH3 is 1. The number of benzene rings is 2. The Balaban J connectivity index is 2.20. The zero-order chi connectivity index (χ0) is 14.5. The van der Waals surface area contributed by atoms with Gasteiger partial charge in [-0.3, -0.25) is 4.79 Å². The molecule has 0 saturated heterocycles. The van der Waals surface area contributed by atoms with E-state index in [1.807, 2.05) is 31.2 Å². The molecule has 20 heavy (non-hydrogen) atoms. The Morgan fingerprint density at radius 3 is 2.65 bits per heavy atom. The van der Waals surface area contributed by atoms with Crippen LogP contribution in [-0.4, -0.2) is 12.9 Å². The highest BCUT2D eigenvalue weighted by Crippen LogP contribution is 2.17. The maximum atomic E-state index is 13.7. The second-order valence-electron chi connectivity index (χ2n) is 4.46. The van der Waals surface area contributed by atoms with Crippen LogP contribution in [0.1, 0.15) is 21.5 Å². The molecule has 0 aliphatic rings. The minimum absolute atomic E-state index is 0.0368. The number of hydrogen-bond donors (Lipinski definition) is 0. The van der Waals surface area contributed by atoms with Gasteiger partial charge < -0.3 is 4.74 Å². The van der Waals surface area contributed by atoms with Gasteiger partial charge in [0.05, 0.1) is 12.7 Å². The van der Waals surface area contributed by atoms with Crippen LogP contribution in [0, 0.1) is 12.7 Å². The van der Waals surface area contributed by atoms with Crippen molar-refractivity contribution in [3.8, 4) is 5.75 Å². The van der Waals surface area contributed by atoms with Crippen molar-refractivity contribution < 1.29 is 13.9 Å². The van der Waals surface area contributed by atoms with E-state index >= 15 is 0 Å². The van der Waals surface area contributed by atoms with Gasteiger partial charge in [0.15, 0.2) is 5.78 Å². The van der Waals surface area contributed by atoms with Gasteiger partial charge in [0, 0.05) is 6.07 Å². The predicted octanol–water partition coefficient (Wildman–Crippen LogP) is 4.04. The molecule has 2 rings (SSSR count). The smallest absolute Gasteiger partial charge is 0.188 e. The first-order valence-electron chi connectivity index (χ1n) is 6.23. The molecule has 102 valence electrons. The molecular weight excluding hydrogens is 255 g/mol. The topological polar surface area (TPSA) is 26.3 Å². The van der Waals surface area contributed by atoms with E-state index in [1.54, 1.807) is 12.1 Å². The summed E-state index contributed by atoms with van der Waals surface area (Å²) in [6.45, 7) is 1.97. The molecule has 0 saturated carbocycles. The number of carbonyl (C=O) groups excluding carboxylic acids is 1. The fourth-order valence-electron chi connectivity index (χ4n) is 1.86. The van der Waals surface area contributed by atoms with Crippen molar-refractivity contribution in [2.75, 3.05) is 7.11 Å². The Morgan fingerprint density at radius 2 is 2.00 bits per heavy atom. The van der Waals surface area contributed by atoms with Gasteiger partial charge in [0.25, 0.3) is 0 Å². The molecule has 2 nitrogen and oxygen atoms in total. The highest BCUT2D eigenvalue weighted by molar-refractivity contribution is 6.07. The first-order valence-corrected chi connectivity index (χ1v) is 6.23. The van der Waals surface area contributed by atoms with Gasteiger partial charge in [0.2, 0.25) is 0 Å². The van der Waals surface area contributed by atoms with Gasteiger partial charge in [0.1, 0.15) is 11.6 Å². The summed E-state index contributed by atoms with van der Waals surface area (Å²) in [5.41, 5.74) is 2.05. The molecule has 0 radical (unpaired) electrons. The van der Waals surface area contributed by atoms with Crippen LogP contribution in [0.2, 0.25) is 0 Å². The summed E-state index contributed by atoms with van der Waals surface area (Å²) >= 11 is 0. The molecule has 0 spiro atoms. The lowest BCUT2D eigenvalue weighted by Gasteiger charge is -2.02. The summed E-state index contributed by atoms with van der Waals surface area (Å²) in [7, 11) is 1.45.